The number of aliphatic imine (C=N–C) groups is 1. The first-order valence-electron chi connectivity index (χ1n) is 10.7. The van der Waals surface area contributed by atoms with Crippen LogP contribution < -0.4 is 14.8 Å². The molecular formula is C22H38N4O2. The van der Waals surface area contributed by atoms with Gasteiger partial charge in [-0.2, -0.15) is 0 Å². The normalized spacial score (nSPS) is 18.4. The molecule has 0 aromatic heterocycles. The summed E-state index contributed by atoms with van der Waals surface area (Å²) in [6.45, 7) is 15.7. The number of ether oxygens (including phenoxy) is 2. The van der Waals surface area contributed by atoms with E-state index in [0.717, 1.165) is 50.2 Å². The second kappa shape index (κ2) is 11.8. The van der Waals surface area contributed by atoms with E-state index in [1.807, 2.05) is 31.2 Å². The van der Waals surface area contributed by atoms with Crippen molar-refractivity contribution in [3.63, 3.8) is 0 Å². The van der Waals surface area contributed by atoms with Crippen molar-refractivity contribution in [2.45, 2.75) is 40.2 Å². The van der Waals surface area contributed by atoms with Crippen LogP contribution in [0.2, 0.25) is 0 Å². The highest BCUT2D eigenvalue weighted by molar-refractivity contribution is 5.80. The van der Waals surface area contributed by atoms with Gasteiger partial charge in [-0.05, 0) is 51.4 Å². The number of guanidine groups is 1. The minimum absolute atomic E-state index is 0.0287. The Hall–Kier alpha value is -1.95. The molecule has 6 nitrogen and oxygen atoms in total. The molecule has 2 atom stereocenters. The maximum atomic E-state index is 6.05. The number of nitrogens with one attached hydrogen (secondary N) is 1. The van der Waals surface area contributed by atoms with Crippen LogP contribution in [-0.2, 0) is 0 Å². The van der Waals surface area contributed by atoms with E-state index in [4.69, 9.17) is 14.5 Å². The summed E-state index contributed by atoms with van der Waals surface area (Å²) < 4.78 is 11.4. The molecule has 2 unspecified atom stereocenters. The van der Waals surface area contributed by atoms with Gasteiger partial charge in [0.2, 0.25) is 0 Å². The molecule has 0 bridgehead atoms. The fraction of sp³-hybridized carbons (Fsp3) is 0.682. The Balaban J connectivity index is 1.93. The SMILES string of the molecule is CCNC(=NCC(C)Oc1ccccc1OC)N1CCC(CN(CC)CC)C1. The third kappa shape index (κ3) is 6.59. The minimum Gasteiger partial charge on any atom is -0.493 e. The van der Waals surface area contributed by atoms with Gasteiger partial charge in [-0.15, -0.1) is 0 Å². The van der Waals surface area contributed by atoms with Crippen molar-refractivity contribution >= 4 is 5.96 Å². The molecule has 1 saturated heterocycles. The van der Waals surface area contributed by atoms with Crippen LogP contribution in [-0.4, -0.2) is 74.8 Å². The molecule has 158 valence electrons. The molecule has 1 aromatic carbocycles. The van der Waals surface area contributed by atoms with E-state index in [-0.39, 0.29) is 6.10 Å². The summed E-state index contributed by atoms with van der Waals surface area (Å²) in [5.41, 5.74) is 0. The number of rotatable bonds is 10. The van der Waals surface area contributed by atoms with Gasteiger partial charge in [-0.25, -0.2) is 4.99 Å². The van der Waals surface area contributed by atoms with Crippen molar-refractivity contribution in [1.29, 1.82) is 0 Å². The summed E-state index contributed by atoms with van der Waals surface area (Å²) in [7, 11) is 1.66. The highest BCUT2D eigenvalue weighted by Gasteiger charge is 2.26. The molecule has 6 heteroatoms. The Labute approximate surface area is 170 Å². The van der Waals surface area contributed by atoms with Crippen LogP contribution in [0, 0.1) is 5.92 Å². The summed E-state index contributed by atoms with van der Waals surface area (Å²) in [5, 5.41) is 3.45. The van der Waals surface area contributed by atoms with Crippen molar-refractivity contribution in [1.82, 2.24) is 15.1 Å². The lowest BCUT2D eigenvalue weighted by Gasteiger charge is -2.25. The molecule has 1 aliphatic heterocycles. The van der Waals surface area contributed by atoms with Crippen LogP contribution >= 0.6 is 0 Å². The topological polar surface area (TPSA) is 49.3 Å². The average Bonchev–Trinajstić information content (AvgIpc) is 3.18. The first kappa shape index (κ1) is 22.3. The number of nitrogens with zero attached hydrogens (tertiary/aromatic N) is 3. The maximum absolute atomic E-state index is 6.05. The van der Waals surface area contributed by atoms with Gasteiger partial charge in [0.1, 0.15) is 6.10 Å². The zero-order valence-electron chi connectivity index (χ0n) is 18.3. The fourth-order valence-electron chi connectivity index (χ4n) is 3.63. The predicted octanol–water partition coefficient (Wildman–Crippen LogP) is 3.09. The zero-order chi connectivity index (χ0) is 20.4. The van der Waals surface area contributed by atoms with Crippen molar-refractivity contribution in [3.8, 4) is 11.5 Å². The van der Waals surface area contributed by atoms with Crippen molar-refractivity contribution in [3.05, 3.63) is 24.3 Å². The van der Waals surface area contributed by atoms with Crippen LogP contribution in [0.25, 0.3) is 0 Å². The number of methoxy groups -OCH3 is 1. The lowest BCUT2D eigenvalue weighted by molar-refractivity contribution is 0.218. The van der Waals surface area contributed by atoms with Gasteiger partial charge in [-0.1, -0.05) is 26.0 Å². The monoisotopic (exact) mass is 390 g/mol. The van der Waals surface area contributed by atoms with Gasteiger partial charge < -0.3 is 24.6 Å². The molecule has 28 heavy (non-hydrogen) atoms. The zero-order valence-corrected chi connectivity index (χ0v) is 18.3. The van der Waals surface area contributed by atoms with Crippen molar-refractivity contribution in [2.75, 3.05) is 52.9 Å². The minimum atomic E-state index is -0.0287. The molecule has 0 radical (unpaired) electrons. The van der Waals surface area contributed by atoms with Crippen LogP contribution in [0.3, 0.4) is 0 Å². The summed E-state index contributed by atoms with van der Waals surface area (Å²) in [4.78, 5) is 9.76. The largest absolute Gasteiger partial charge is 0.493 e. The summed E-state index contributed by atoms with van der Waals surface area (Å²) >= 11 is 0. The van der Waals surface area contributed by atoms with Crippen molar-refractivity contribution in [2.24, 2.45) is 10.9 Å². The smallest absolute Gasteiger partial charge is 0.194 e. The molecule has 1 aromatic rings. The molecule has 1 heterocycles. The Morgan fingerprint density at radius 1 is 1.25 bits per heavy atom. The summed E-state index contributed by atoms with van der Waals surface area (Å²) in [5.74, 6) is 3.23. The summed E-state index contributed by atoms with van der Waals surface area (Å²) in [6, 6.07) is 7.75. The highest BCUT2D eigenvalue weighted by Crippen LogP contribution is 2.26. The Bertz CT molecular complexity index is 604. The fourth-order valence-corrected chi connectivity index (χ4v) is 3.63. The van der Waals surface area contributed by atoms with Crippen LogP contribution in [0.5, 0.6) is 11.5 Å². The number of hydrogen-bond acceptors (Lipinski definition) is 4. The standard InChI is InChI=1S/C22H38N4O2/c1-6-23-22(26-14-13-19(17-26)16-25(7-2)8-3)24-15-18(4)28-21-12-10-9-11-20(21)27-5/h9-12,18-19H,6-8,13-17H2,1-5H3,(H,23,24). The quantitative estimate of drug-likeness (QED) is 0.491. The van der Waals surface area contributed by atoms with Gasteiger partial charge in [0.05, 0.1) is 13.7 Å². The van der Waals surface area contributed by atoms with Crippen LogP contribution in [0.4, 0.5) is 0 Å². The van der Waals surface area contributed by atoms with Crippen molar-refractivity contribution < 1.29 is 9.47 Å². The highest BCUT2D eigenvalue weighted by atomic mass is 16.5. The summed E-state index contributed by atoms with van der Waals surface area (Å²) in [6.07, 6.45) is 1.20. The van der Waals surface area contributed by atoms with E-state index in [2.05, 4.69) is 35.9 Å². The predicted molar refractivity (Wildman–Crippen MR) is 117 cm³/mol. The molecule has 1 aliphatic rings. The Kier molecular flexibility index (Phi) is 9.41. The lowest BCUT2D eigenvalue weighted by atomic mass is 10.1. The molecule has 0 spiro atoms. The molecular weight excluding hydrogens is 352 g/mol. The van der Waals surface area contributed by atoms with E-state index in [0.29, 0.717) is 12.5 Å². The Morgan fingerprint density at radius 2 is 1.96 bits per heavy atom. The lowest BCUT2D eigenvalue weighted by Crippen LogP contribution is -2.41. The number of hydrogen-bond donors (Lipinski definition) is 1. The van der Waals surface area contributed by atoms with E-state index in [9.17, 15) is 0 Å². The third-order valence-corrected chi connectivity index (χ3v) is 5.23. The van der Waals surface area contributed by atoms with Crippen LogP contribution in [0.1, 0.15) is 34.1 Å². The Morgan fingerprint density at radius 3 is 2.61 bits per heavy atom. The van der Waals surface area contributed by atoms with Gasteiger partial charge in [-0.3, -0.25) is 0 Å². The van der Waals surface area contributed by atoms with Gasteiger partial charge in [0.15, 0.2) is 17.5 Å². The average molecular weight is 391 g/mol. The molecule has 0 aliphatic carbocycles. The molecule has 0 saturated carbocycles. The van der Waals surface area contributed by atoms with E-state index in [1.165, 1.54) is 13.0 Å². The second-order valence-corrected chi connectivity index (χ2v) is 7.36. The van der Waals surface area contributed by atoms with E-state index >= 15 is 0 Å². The number of para-hydroxylation sites is 2. The third-order valence-electron chi connectivity index (χ3n) is 5.23. The number of benzene rings is 1. The van der Waals surface area contributed by atoms with E-state index < -0.39 is 0 Å². The van der Waals surface area contributed by atoms with E-state index in [1.54, 1.807) is 7.11 Å². The maximum Gasteiger partial charge on any atom is 0.194 e. The number of likely N-dealkylation sites (tertiary alicyclic amines) is 1. The second-order valence-electron chi connectivity index (χ2n) is 7.36. The molecule has 1 N–H and O–H groups in total. The van der Waals surface area contributed by atoms with Gasteiger partial charge in [0.25, 0.3) is 0 Å². The van der Waals surface area contributed by atoms with Gasteiger partial charge >= 0.3 is 0 Å². The molecule has 2 rings (SSSR count). The molecule has 0 amide bonds. The van der Waals surface area contributed by atoms with Gasteiger partial charge in [0, 0.05) is 26.2 Å². The first-order chi connectivity index (χ1) is 13.6. The molecule has 1 fully saturated rings. The first-order valence-corrected chi connectivity index (χ1v) is 10.7. The van der Waals surface area contributed by atoms with Crippen LogP contribution in [0.15, 0.2) is 29.3 Å².